The van der Waals surface area contributed by atoms with Crippen LogP contribution in [0.4, 0.5) is 0 Å². The highest BCUT2D eigenvalue weighted by atomic mass is 16.5. The monoisotopic (exact) mass is 261 g/mol. The van der Waals surface area contributed by atoms with E-state index in [4.69, 9.17) is 5.11 Å². The smallest absolute Gasteiger partial charge is 0.357 e. The molecule has 0 radical (unpaired) electrons. The number of ether oxygens (including phenoxy) is 1. The number of rotatable bonds is 4. The molecule has 5 heteroatoms. The Morgan fingerprint density at radius 1 is 1.26 bits per heavy atom. The zero-order valence-corrected chi connectivity index (χ0v) is 10.7. The van der Waals surface area contributed by atoms with Gasteiger partial charge in [-0.25, -0.2) is 4.79 Å². The zero-order chi connectivity index (χ0) is 14.3. The minimum atomic E-state index is -0.786. The molecular weight excluding hydrogens is 246 g/mol. The maximum atomic E-state index is 11.8. The molecule has 19 heavy (non-hydrogen) atoms. The molecule has 0 aromatic heterocycles. The molecule has 0 aliphatic rings. The van der Waals surface area contributed by atoms with Crippen molar-refractivity contribution in [2.45, 2.75) is 0 Å². The maximum Gasteiger partial charge on any atom is 0.357 e. The number of nitrogens with zero attached hydrogens (tertiary/aromatic N) is 1. The Balaban J connectivity index is 2.78. The molecule has 0 aliphatic carbocycles. The van der Waals surface area contributed by atoms with Crippen molar-refractivity contribution in [3.63, 3.8) is 0 Å². The van der Waals surface area contributed by atoms with Crippen molar-refractivity contribution >= 4 is 18.0 Å². The van der Waals surface area contributed by atoms with Crippen molar-refractivity contribution in [3.05, 3.63) is 53.9 Å². The molecule has 1 rings (SSSR count). The van der Waals surface area contributed by atoms with Gasteiger partial charge in [0.15, 0.2) is 5.70 Å². The van der Waals surface area contributed by atoms with Crippen molar-refractivity contribution in [3.8, 4) is 0 Å². The summed E-state index contributed by atoms with van der Waals surface area (Å²) >= 11 is 0. The molecule has 0 unspecified atom stereocenters. The van der Waals surface area contributed by atoms with Crippen molar-refractivity contribution in [2.75, 3.05) is 14.2 Å². The molecule has 0 aliphatic heterocycles. The number of carbonyl (C=O) groups is 2. The standard InChI is InChI=1S/C14H15NO4/c1-15(12(10-16)14(18)19-2)13(17)9-8-11-6-4-3-5-7-11/h3-10,16H,1-2H3. The van der Waals surface area contributed by atoms with Crippen LogP contribution in [-0.2, 0) is 14.3 Å². The van der Waals surface area contributed by atoms with Gasteiger partial charge in [-0.3, -0.25) is 4.79 Å². The fourth-order valence-electron chi connectivity index (χ4n) is 1.34. The van der Waals surface area contributed by atoms with Crippen molar-refractivity contribution < 1.29 is 19.4 Å². The van der Waals surface area contributed by atoms with Crippen LogP contribution in [0.1, 0.15) is 5.56 Å². The number of hydrogen-bond acceptors (Lipinski definition) is 4. The molecule has 100 valence electrons. The number of amides is 1. The minimum absolute atomic E-state index is 0.231. The number of esters is 1. The minimum Gasteiger partial charge on any atom is -0.513 e. The van der Waals surface area contributed by atoms with Gasteiger partial charge in [0.05, 0.1) is 7.11 Å². The molecule has 0 fully saturated rings. The van der Waals surface area contributed by atoms with Gasteiger partial charge in [-0.2, -0.15) is 0 Å². The largest absolute Gasteiger partial charge is 0.513 e. The average molecular weight is 261 g/mol. The summed E-state index contributed by atoms with van der Waals surface area (Å²) in [5.41, 5.74) is 0.627. The molecule has 0 bridgehead atoms. The third-order valence-electron chi connectivity index (χ3n) is 2.43. The van der Waals surface area contributed by atoms with E-state index in [0.29, 0.717) is 6.26 Å². The highest BCUT2D eigenvalue weighted by Gasteiger charge is 2.19. The van der Waals surface area contributed by atoms with Gasteiger partial charge in [-0.05, 0) is 11.6 Å². The zero-order valence-electron chi connectivity index (χ0n) is 10.7. The summed E-state index contributed by atoms with van der Waals surface area (Å²) in [6, 6.07) is 9.25. The predicted octanol–water partition coefficient (Wildman–Crippen LogP) is 1.73. The van der Waals surface area contributed by atoms with Crippen LogP contribution in [0, 0.1) is 0 Å². The molecule has 1 aromatic carbocycles. The van der Waals surface area contributed by atoms with Crippen LogP contribution in [0.2, 0.25) is 0 Å². The van der Waals surface area contributed by atoms with E-state index in [9.17, 15) is 9.59 Å². The summed E-state index contributed by atoms with van der Waals surface area (Å²) in [5, 5.41) is 8.95. The van der Waals surface area contributed by atoms with Crippen molar-refractivity contribution in [1.82, 2.24) is 4.90 Å². The van der Waals surface area contributed by atoms with Gasteiger partial charge in [0.25, 0.3) is 5.91 Å². The van der Waals surface area contributed by atoms with E-state index in [1.165, 1.54) is 20.2 Å². The Morgan fingerprint density at radius 3 is 2.42 bits per heavy atom. The number of carbonyl (C=O) groups excluding carboxylic acids is 2. The topological polar surface area (TPSA) is 66.8 Å². The lowest BCUT2D eigenvalue weighted by Gasteiger charge is -2.15. The Labute approximate surface area is 111 Å². The highest BCUT2D eigenvalue weighted by Crippen LogP contribution is 2.06. The van der Waals surface area contributed by atoms with Crippen LogP contribution in [0.5, 0.6) is 0 Å². The van der Waals surface area contributed by atoms with Gasteiger partial charge < -0.3 is 14.7 Å². The Hall–Kier alpha value is -2.56. The fraction of sp³-hybridized carbons (Fsp3) is 0.143. The number of hydrogen-bond donors (Lipinski definition) is 1. The molecular formula is C14H15NO4. The lowest BCUT2D eigenvalue weighted by atomic mass is 10.2. The number of aliphatic hydroxyl groups is 1. The van der Waals surface area contributed by atoms with Crippen LogP contribution in [0.25, 0.3) is 6.08 Å². The normalized spacial score (nSPS) is 11.4. The quantitative estimate of drug-likeness (QED) is 0.509. The summed E-state index contributed by atoms with van der Waals surface area (Å²) in [6.07, 6.45) is 3.47. The van der Waals surface area contributed by atoms with E-state index in [0.717, 1.165) is 10.5 Å². The molecule has 1 N–H and O–H groups in total. The van der Waals surface area contributed by atoms with Gasteiger partial charge >= 0.3 is 5.97 Å². The van der Waals surface area contributed by atoms with E-state index in [-0.39, 0.29) is 5.70 Å². The maximum absolute atomic E-state index is 11.8. The van der Waals surface area contributed by atoms with Crippen LogP contribution in [-0.4, -0.2) is 36.0 Å². The van der Waals surface area contributed by atoms with E-state index in [1.807, 2.05) is 30.3 Å². The SMILES string of the molecule is COC(=O)C(=CO)N(C)C(=O)C=Cc1ccccc1. The second-order valence-electron chi connectivity index (χ2n) is 3.65. The molecule has 0 heterocycles. The number of benzene rings is 1. The van der Waals surface area contributed by atoms with Crippen LogP contribution in [0.3, 0.4) is 0 Å². The van der Waals surface area contributed by atoms with E-state index < -0.39 is 11.9 Å². The van der Waals surface area contributed by atoms with Crippen molar-refractivity contribution in [2.24, 2.45) is 0 Å². The van der Waals surface area contributed by atoms with Gasteiger partial charge in [-0.15, -0.1) is 0 Å². The Morgan fingerprint density at radius 2 is 1.89 bits per heavy atom. The first-order valence-corrected chi connectivity index (χ1v) is 5.53. The van der Waals surface area contributed by atoms with Crippen molar-refractivity contribution in [1.29, 1.82) is 0 Å². The van der Waals surface area contributed by atoms with E-state index in [2.05, 4.69) is 4.74 Å². The molecule has 0 spiro atoms. The first kappa shape index (κ1) is 14.5. The average Bonchev–Trinajstić information content (AvgIpc) is 2.46. The summed E-state index contributed by atoms with van der Waals surface area (Å²) in [6.45, 7) is 0. The Kier molecular flexibility index (Phi) is 5.35. The number of likely N-dealkylation sites (N-methyl/N-ethyl adjacent to an activating group) is 1. The van der Waals surface area contributed by atoms with Gasteiger partial charge in [0.1, 0.15) is 6.26 Å². The second-order valence-corrected chi connectivity index (χ2v) is 3.65. The highest BCUT2D eigenvalue weighted by molar-refractivity contribution is 5.99. The Bertz CT molecular complexity index is 505. The van der Waals surface area contributed by atoms with Crippen LogP contribution >= 0.6 is 0 Å². The van der Waals surface area contributed by atoms with E-state index in [1.54, 1.807) is 6.08 Å². The van der Waals surface area contributed by atoms with Gasteiger partial charge in [0, 0.05) is 13.1 Å². The summed E-state index contributed by atoms with van der Waals surface area (Å²) in [5.74, 6) is -1.24. The molecule has 1 aromatic rings. The summed E-state index contributed by atoms with van der Waals surface area (Å²) in [7, 11) is 2.54. The number of methoxy groups -OCH3 is 1. The lowest BCUT2D eigenvalue weighted by molar-refractivity contribution is -0.140. The van der Waals surface area contributed by atoms with Gasteiger partial charge in [-0.1, -0.05) is 30.3 Å². The summed E-state index contributed by atoms with van der Waals surface area (Å²) in [4.78, 5) is 24.1. The molecule has 5 nitrogen and oxygen atoms in total. The third-order valence-corrected chi connectivity index (χ3v) is 2.43. The van der Waals surface area contributed by atoms with E-state index >= 15 is 0 Å². The predicted molar refractivity (Wildman–Crippen MR) is 71.0 cm³/mol. The van der Waals surface area contributed by atoms with Gasteiger partial charge in [0.2, 0.25) is 0 Å². The fourth-order valence-corrected chi connectivity index (χ4v) is 1.34. The lowest BCUT2D eigenvalue weighted by Crippen LogP contribution is -2.29. The number of aliphatic hydroxyl groups excluding tert-OH is 1. The first-order valence-electron chi connectivity index (χ1n) is 5.53. The first-order chi connectivity index (χ1) is 9.10. The molecule has 0 saturated carbocycles. The molecule has 1 amide bonds. The molecule has 0 saturated heterocycles. The second kappa shape index (κ2) is 7.00. The third kappa shape index (κ3) is 3.99. The summed E-state index contributed by atoms with van der Waals surface area (Å²) < 4.78 is 4.45. The van der Waals surface area contributed by atoms with Crippen LogP contribution < -0.4 is 0 Å². The van der Waals surface area contributed by atoms with Crippen LogP contribution in [0.15, 0.2) is 48.4 Å². The molecule has 0 atom stereocenters.